The molecule has 0 saturated heterocycles. The van der Waals surface area contributed by atoms with Crippen molar-refractivity contribution < 1.29 is 18.7 Å². The minimum atomic E-state index is -1.09. The van der Waals surface area contributed by atoms with Crippen molar-refractivity contribution in [1.29, 1.82) is 0 Å². The van der Waals surface area contributed by atoms with Crippen molar-refractivity contribution in [3.05, 3.63) is 95.2 Å². The highest BCUT2D eigenvalue weighted by Gasteiger charge is 2.15. The summed E-state index contributed by atoms with van der Waals surface area (Å²) in [6.07, 6.45) is 1.80. The largest absolute Gasteiger partial charge is 0.478 e. The molecule has 4 aromatic rings. The molecule has 0 atom stereocenters. The second kappa shape index (κ2) is 7.01. The summed E-state index contributed by atoms with van der Waals surface area (Å²) in [6, 6.07) is 15.4. The van der Waals surface area contributed by atoms with Gasteiger partial charge in [-0.25, -0.2) is 13.6 Å². The highest BCUT2D eigenvalue weighted by Crippen LogP contribution is 2.30. The third-order valence-electron chi connectivity index (χ3n) is 4.40. The molecule has 0 radical (unpaired) electrons. The number of hydrogen-bond acceptors (Lipinski definition) is 1. The summed E-state index contributed by atoms with van der Waals surface area (Å²) in [5.41, 5.74) is 2.55. The van der Waals surface area contributed by atoms with E-state index in [2.05, 4.69) is 16.8 Å². The van der Waals surface area contributed by atoms with Crippen LogP contribution in [0.15, 0.2) is 66.9 Å². The van der Waals surface area contributed by atoms with Crippen molar-refractivity contribution in [2.75, 3.05) is 0 Å². The number of fused-ring (bicyclic) bond motifs is 1. The molecular weight excluding hydrogens is 360 g/mol. The molecular formula is C23H13F2NO2. The molecule has 4 rings (SSSR count). The van der Waals surface area contributed by atoms with Gasteiger partial charge in [0.25, 0.3) is 0 Å². The lowest BCUT2D eigenvalue weighted by Gasteiger charge is -2.10. The lowest BCUT2D eigenvalue weighted by molar-refractivity contribution is 0.0697. The van der Waals surface area contributed by atoms with Crippen LogP contribution in [-0.4, -0.2) is 16.1 Å². The van der Waals surface area contributed by atoms with Crippen molar-refractivity contribution in [3.8, 4) is 23.0 Å². The smallest absolute Gasteiger partial charge is 0.336 e. The molecule has 3 aromatic carbocycles. The summed E-state index contributed by atoms with van der Waals surface area (Å²) in [5.74, 6) is 2.98. The average Bonchev–Trinajstić information content (AvgIpc) is 3.14. The Morgan fingerprint density at radius 1 is 0.929 bits per heavy atom. The summed E-state index contributed by atoms with van der Waals surface area (Å²) in [4.78, 5) is 14.9. The van der Waals surface area contributed by atoms with Gasteiger partial charge in [-0.3, -0.25) is 0 Å². The van der Waals surface area contributed by atoms with Gasteiger partial charge in [0.2, 0.25) is 0 Å². The first-order valence-electron chi connectivity index (χ1n) is 8.44. The zero-order valence-corrected chi connectivity index (χ0v) is 14.5. The van der Waals surface area contributed by atoms with Gasteiger partial charge in [-0.1, -0.05) is 30.0 Å². The maximum absolute atomic E-state index is 13.9. The average molecular weight is 373 g/mol. The molecule has 5 heteroatoms. The number of carboxylic acid groups (broad SMARTS) is 1. The molecule has 0 saturated carbocycles. The van der Waals surface area contributed by atoms with E-state index >= 15 is 0 Å². The van der Waals surface area contributed by atoms with E-state index < -0.39 is 17.6 Å². The van der Waals surface area contributed by atoms with Crippen molar-refractivity contribution in [2.24, 2.45) is 0 Å². The molecule has 0 fully saturated rings. The number of carboxylic acids is 1. The van der Waals surface area contributed by atoms with E-state index in [4.69, 9.17) is 0 Å². The van der Waals surface area contributed by atoms with Gasteiger partial charge in [-0.2, -0.15) is 0 Å². The van der Waals surface area contributed by atoms with Crippen molar-refractivity contribution in [2.45, 2.75) is 0 Å². The Morgan fingerprint density at radius 3 is 2.54 bits per heavy atom. The minimum absolute atomic E-state index is 0.0351. The fourth-order valence-electron chi connectivity index (χ4n) is 3.07. The fraction of sp³-hybridized carbons (Fsp3) is 0. The van der Waals surface area contributed by atoms with Crippen molar-refractivity contribution in [3.63, 3.8) is 0 Å². The third-order valence-corrected chi connectivity index (χ3v) is 4.40. The zero-order chi connectivity index (χ0) is 19.7. The van der Waals surface area contributed by atoms with Gasteiger partial charge >= 0.3 is 5.97 Å². The van der Waals surface area contributed by atoms with E-state index in [1.54, 1.807) is 18.3 Å². The number of halogens is 2. The maximum atomic E-state index is 13.9. The molecule has 0 aliphatic carbocycles. The van der Waals surface area contributed by atoms with E-state index in [1.165, 1.54) is 12.1 Å². The van der Waals surface area contributed by atoms with Crippen LogP contribution in [0.1, 0.15) is 21.5 Å². The van der Waals surface area contributed by atoms with E-state index in [0.717, 1.165) is 23.0 Å². The standard InChI is InChI=1S/C23H13F2NO2/c24-18-9-8-14(20(25)13-18)4-6-16-2-1-3-19(23(27)28)22(16)17-7-5-15-10-11-26-21(15)12-17/h1-3,5,7-13,26H,(H,27,28). The van der Waals surface area contributed by atoms with Crippen molar-refractivity contribution in [1.82, 2.24) is 4.98 Å². The normalized spacial score (nSPS) is 10.5. The van der Waals surface area contributed by atoms with Gasteiger partial charge < -0.3 is 10.1 Å². The lowest BCUT2D eigenvalue weighted by Crippen LogP contribution is -2.01. The number of nitrogens with one attached hydrogen (secondary N) is 1. The Morgan fingerprint density at radius 2 is 1.75 bits per heavy atom. The Kier molecular flexibility index (Phi) is 4.38. The number of aromatic nitrogens is 1. The van der Waals surface area contributed by atoms with E-state index in [-0.39, 0.29) is 11.1 Å². The summed E-state index contributed by atoms with van der Waals surface area (Å²) in [7, 11) is 0. The van der Waals surface area contributed by atoms with E-state index in [9.17, 15) is 18.7 Å². The number of aromatic amines is 1. The van der Waals surface area contributed by atoms with Gasteiger partial charge in [0.1, 0.15) is 11.6 Å². The SMILES string of the molecule is O=C(O)c1cccc(C#Cc2ccc(F)cc2F)c1-c1ccc2cc[nH]c2c1. The Bertz CT molecular complexity index is 1280. The monoisotopic (exact) mass is 373 g/mol. The van der Waals surface area contributed by atoms with E-state index in [1.807, 2.05) is 24.3 Å². The summed E-state index contributed by atoms with van der Waals surface area (Å²) in [6.45, 7) is 0. The molecule has 0 aliphatic heterocycles. The van der Waals surface area contributed by atoms with Crippen LogP contribution >= 0.6 is 0 Å². The van der Waals surface area contributed by atoms with Crippen LogP contribution in [-0.2, 0) is 0 Å². The van der Waals surface area contributed by atoms with Crippen LogP contribution in [0.4, 0.5) is 8.78 Å². The van der Waals surface area contributed by atoms with Crippen LogP contribution in [0.25, 0.3) is 22.0 Å². The lowest BCUT2D eigenvalue weighted by atomic mass is 9.93. The van der Waals surface area contributed by atoms with Gasteiger partial charge in [0.05, 0.1) is 11.1 Å². The topological polar surface area (TPSA) is 53.1 Å². The predicted octanol–water partition coefficient (Wildman–Crippen LogP) is 5.21. The summed E-state index contributed by atoms with van der Waals surface area (Å²) in [5, 5.41) is 10.6. The second-order valence-corrected chi connectivity index (χ2v) is 6.19. The quantitative estimate of drug-likeness (QED) is 0.474. The molecule has 28 heavy (non-hydrogen) atoms. The first-order valence-corrected chi connectivity index (χ1v) is 8.44. The third kappa shape index (κ3) is 3.24. The molecule has 3 nitrogen and oxygen atoms in total. The van der Waals surface area contributed by atoms with Crippen LogP contribution in [0.5, 0.6) is 0 Å². The number of hydrogen-bond donors (Lipinski definition) is 2. The molecule has 0 amide bonds. The van der Waals surface area contributed by atoms with Crippen LogP contribution in [0.2, 0.25) is 0 Å². The molecule has 0 aliphatic rings. The second-order valence-electron chi connectivity index (χ2n) is 6.19. The zero-order valence-electron chi connectivity index (χ0n) is 14.5. The molecule has 1 aromatic heterocycles. The number of aromatic carboxylic acids is 1. The van der Waals surface area contributed by atoms with Crippen LogP contribution < -0.4 is 0 Å². The number of rotatable bonds is 2. The first-order chi connectivity index (χ1) is 13.5. The molecule has 0 bridgehead atoms. The highest BCUT2D eigenvalue weighted by atomic mass is 19.1. The fourth-order valence-corrected chi connectivity index (χ4v) is 3.07. The van der Waals surface area contributed by atoms with E-state index in [0.29, 0.717) is 16.7 Å². The van der Waals surface area contributed by atoms with Crippen molar-refractivity contribution >= 4 is 16.9 Å². The Balaban J connectivity index is 1.90. The number of carbonyl (C=O) groups is 1. The highest BCUT2D eigenvalue weighted by molar-refractivity contribution is 5.99. The predicted molar refractivity (Wildman–Crippen MR) is 103 cm³/mol. The molecule has 2 N–H and O–H groups in total. The Labute approximate surface area is 159 Å². The number of benzene rings is 3. The molecule has 0 unspecified atom stereocenters. The maximum Gasteiger partial charge on any atom is 0.336 e. The minimum Gasteiger partial charge on any atom is -0.478 e. The van der Waals surface area contributed by atoms with Gasteiger partial charge in [0.15, 0.2) is 0 Å². The summed E-state index contributed by atoms with van der Waals surface area (Å²) < 4.78 is 27.0. The Hall–Kier alpha value is -3.91. The van der Waals surface area contributed by atoms with Gasteiger partial charge in [0, 0.05) is 28.9 Å². The van der Waals surface area contributed by atoms with Crippen LogP contribution in [0, 0.1) is 23.5 Å². The first kappa shape index (κ1) is 17.5. The molecule has 136 valence electrons. The number of H-pyrrole nitrogens is 1. The molecule has 0 spiro atoms. The van der Waals surface area contributed by atoms with Gasteiger partial charge in [-0.05, 0) is 47.3 Å². The molecule has 1 heterocycles. The summed E-state index contributed by atoms with van der Waals surface area (Å²) >= 11 is 0. The van der Waals surface area contributed by atoms with Crippen LogP contribution in [0.3, 0.4) is 0 Å². The van der Waals surface area contributed by atoms with Gasteiger partial charge in [-0.15, -0.1) is 0 Å².